The van der Waals surface area contributed by atoms with Gasteiger partial charge in [0.1, 0.15) is 5.82 Å². The van der Waals surface area contributed by atoms with Crippen molar-refractivity contribution in [3.63, 3.8) is 0 Å². The van der Waals surface area contributed by atoms with Crippen molar-refractivity contribution in [3.05, 3.63) is 69.8 Å². The summed E-state index contributed by atoms with van der Waals surface area (Å²) in [6.07, 6.45) is 3.05. The third-order valence-corrected chi connectivity index (χ3v) is 4.63. The molecule has 0 radical (unpaired) electrons. The molecule has 0 amide bonds. The second-order valence-corrected chi connectivity index (χ2v) is 6.55. The number of nitrogens with zero attached hydrogens (tertiary/aromatic N) is 3. The van der Waals surface area contributed by atoms with Crippen LogP contribution in [-0.4, -0.2) is 30.5 Å². The van der Waals surface area contributed by atoms with Gasteiger partial charge in [-0.2, -0.15) is 0 Å². The van der Waals surface area contributed by atoms with Crippen LogP contribution in [-0.2, 0) is 13.0 Å². The van der Waals surface area contributed by atoms with Crippen molar-refractivity contribution in [2.75, 3.05) is 0 Å². The number of hydrogen-bond donors (Lipinski definition) is 2. The molecule has 0 spiro atoms. The molecule has 0 aliphatic carbocycles. The molecule has 0 saturated carbocycles. The lowest BCUT2D eigenvalue weighted by Gasteiger charge is -2.17. The van der Waals surface area contributed by atoms with E-state index in [0.29, 0.717) is 22.3 Å². The molecule has 1 aromatic carbocycles. The fourth-order valence-corrected chi connectivity index (χ4v) is 3.11. The van der Waals surface area contributed by atoms with Gasteiger partial charge in [0, 0.05) is 37.6 Å². The minimum absolute atomic E-state index is 0.0775. The molecule has 2 N–H and O–H groups in total. The van der Waals surface area contributed by atoms with Crippen molar-refractivity contribution < 1.29 is 14.6 Å². The molecule has 1 aliphatic heterocycles. The average molecular weight is 365 g/mol. The van der Waals surface area contributed by atoms with Crippen molar-refractivity contribution >= 4 is 10.9 Å². The molecule has 27 heavy (non-hydrogen) atoms. The Morgan fingerprint density at radius 3 is 2.85 bits per heavy atom. The highest BCUT2D eigenvalue weighted by Crippen LogP contribution is 2.21. The first-order chi connectivity index (χ1) is 12.9. The van der Waals surface area contributed by atoms with Crippen LogP contribution in [0.5, 0.6) is 0 Å². The molecular formula is C20H16FN3O3. The van der Waals surface area contributed by atoms with Crippen molar-refractivity contribution in [2.45, 2.75) is 31.6 Å². The van der Waals surface area contributed by atoms with E-state index in [0.717, 1.165) is 6.20 Å². The maximum Gasteiger partial charge on any atom is 0.261 e. The van der Waals surface area contributed by atoms with Crippen molar-refractivity contribution in [1.82, 2.24) is 14.5 Å². The lowest BCUT2D eigenvalue weighted by molar-refractivity contribution is -0.169. The summed E-state index contributed by atoms with van der Waals surface area (Å²) in [5.74, 6) is 3.85. The van der Waals surface area contributed by atoms with Crippen LogP contribution in [0.4, 0.5) is 4.39 Å². The van der Waals surface area contributed by atoms with Gasteiger partial charge >= 0.3 is 0 Å². The van der Waals surface area contributed by atoms with Gasteiger partial charge in [-0.1, -0.05) is 11.8 Å². The van der Waals surface area contributed by atoms with E-state index in [1.54, 1.807) is 18.2 Å². The monoisotopic (exact) mass is 365 g/mol. The van der Waals surface area contributed by atoms with Crippen LogP contribution in [0.2, 0.25) is 0 Å². The van der Waals surface area contributed by atoms with E-state index < -0.39 is 11.6 Å². The number of aromatic nitrogens is 3. The highest BCUT2D eigenvalue weighted by Gasteiger charge is 2.28. The fraction of sp³-hybridized carbons (Fsp3) is 0.250. The van der Waals surface area contributed by atoms with E-state index in [4.69, 9.17) is 0 Å². The summed E-state index contributed by atoms with van der Waals surface area (Å²) in [4.78, 5) is 20.9. The van der Waals surface area contributed by atoms with Crippen LogP contribution in [0.3, 0.4) is 0 Å². The fourth-order valence-electron chi connectivity index (χ4n) is 3.11. The number of hydrogen-bond acceptors (Lipinski definition) is 5. The maximum absolute atomic E-state index is 13.6. The summed E-state index contributed by atoms with van der Waals surface area (Å²) in [6, 6.07) is 6.49. The molecule has 0 unspecified atom stereocenters. The maximum atomic E-state index is 13.6. The third kappa shape index (κ3) is 3.45. The van der Waals surface area contributed by atoms with Gasteiger partial charge in [-0.25, -0.2) is 9.37 Å². The number of pyridine rings is 1. The van der Waals surface area contributed by atoms with Gasteiger partial charge in [-0.15, -0.1) is 0 Å². The Balaban J connectivity index is 1.76. The minimum atomic E-state index is -1.79. The van der Waals surface area contributed by atoms with E-state index in [1.807, 2.05) is 0 Å². The molecule has 6 nitrogen and oxygen atoms in total. The van der Waals surface area contributed by atoms with E-state index >= 15 is 0 Å². The molecule has 0 saturated heterocycles. The summed E-state index contributed by atoms with van der Waals surface area (Å²) in [5.41, 5.74) is 1.11. The number of halogens is 1. The molecule has 3 heterocycles. The van der Waals surface area contributed by atoms with Crippen molar-refractivity contribution in [2.24, 2.45) is 0 Å². The number of aryl methyl sites for hydroxylation is 1. The number of aliphatic hydroxyl groups is 2. The highest BCUT2D eigenvalue weighted by molar-refractivity contribution is 5.79. The Morgan fingerprint density at radius 1 is 1.19 bits per heavy atom. The zero-order chi connectivity index (χ0) is 19.0. The molecular weight excluding hydrogens is 349 g/mol. The minimum Gasteiger partial charge on any atom is -0.366 e. The van der Waals surface area contributed by atoms with Crippen LogP contribution in [0, 0.1) is 17.7 Å². The Kier molecular flexibility index (Phi) is 4.22. The van der Waals surface area contributed by atoms with Gasteiger partial charge in [0.2, 0.25) is 0 Å². The summed E-state index contributed by atoms with van der Waals surface area (Å²) < 4.78 is 15.1. The van der Waals surface area contributed by atoms with E-state index in [-0.39, 0.29) is 36.9 Å². The third-order valence-electron chi connectivity index (χ3n) is 4.63. The van der Waals surface area contributed by atoms with Crippen LogP contribution < -0.4 is 5.56 Å². The van der Waals surface area contributed by atoms with Gasteiger partial charge in [0.25, 0.3) is 5.56 Å². The normalized spacial score (nSPS) is 15.5. The Morgan fingerprint density at radius 2 is 2.04 bits per heavy atom. The van der Waals surface area contributed by atoms with E-state index in [9.17, 15) is 19.4 Å². The number of benzene rings is 1. The molecule has 0 bridgehead atoms. The van der Waals surface area contributed by atoms with E-state index in [2.05, 4.69) is 21.8 Å². The zero-order valence-electron chi connectivity index (χ0n) is 14.3. The smallest absolute Gasteiger partial charge is 0.261 e. The standard InChI is InChI=1S/C20H16FN3O3/c21-16-12-22-9-6-14(16)3-1-13-2-4-15-17(11-13)23-18-5-7-20(26,27)8-10-24(18)19(15)25/h2,4,6,9,11-12,26-27H,5,7-8,10H2. The predicted molar refractivity (Wildman–Crippen MR) is 96.3 cm³/mol. The quantitative estimate of drug-likeness (QED) is 0.464. The summed E-state index contributed by atoms with van der Waals surface area (Å²) in [7, 11) is 0. The molecule has 7 heteroatoms. The molecule has 0 fully saturated rings. The first-order valence-electron chi connectivity index (χ1n) is 8.53. The second kappa shape index (κ2) is 6.58. The Bertz CT molecular complexity index is 1160. The SMILES string of the molecule is O=c1c2ccc(C#Cc3ccncc3F)cc2nc2n1CCC(O)(O)CC2. The van der Waals surface area contributed by atoms with Gasteiger partial charge in [-0.05, 0) is 24.3 Å². The van der Waals surface area contributed by atoms with E-state index in [1.165, 1.54) is 16.8 Å². The highest BCUT2D eigenvalue weighted by atomic mass is 19.1. The largest absolute Gasteiger partial charge is 0.366 e. The van der Waals surface area contributed by atoms with Gasteiger partial charge < -0.3 is 10.2 Å². The lowest BCUT2D eigenvalue weighted by Crippen LogP contribution is -2.29. The lowest BCUT2D eigenvalue weighted by atomic mass is 10.1. The first kappa shape index (κ1) is 17.3. The number of fused-ring (bicyclic) bond motifs is 2. The van der Waals surface area contributed by atoms with Crippen LogP contribution in [0.15, 0.2) is 41.5 Å². The molecule has 0 atom stereocenters. The molecule has 1 aliphatic rings. The predicted octanol–water partition coefficient (Wildman–Crippen LogP) is 1.35. The summed E-state index contributed by atoms with van der Waals surface area (Å²) in [5, 5.41) is 20.2. The zero-order valence-corrected chi connectivity index (χ0v) is 14.3. The van der Waals surface area contributed by atoms with Gasteiger partial charge in [-0.3, -0.25) is 14.3 Å². The van der Waals surface area contributed by atoms with Crippen LogP contribution in [0.1, 0.15) is 29.8 Å². The van der Waals surface area contributed by atoms with Crippen molar-refractivity contribution in [1.29, 1.82) is 0 Å². The van der Waals surface area contributed by atoms with Crippen molar-refractivity contribution in [3.8, 4) is 11.8 Å². The number of rotatable bonds is 0. The first-order valence-corrected chi connectivity index (χ1v) is 8.53. The topological polar surface area (TPSA) is 88.2 Å². The second-order valence-electron chi connectivity index (χ2n) is 6.55. The van der Waals surface area contributed by atoms with Gasteiger partial charge in [0.05, 0.1) is 22.7 Å². The molecule has 136 valence electrons. The molecule has 3 aromatic rings. The summed E-state index contributed by atoms with van der Waals surface area (Å²) in [6.45, 7) is 0.201. The molecule has 2 aromatic heterocycles. The molecule has 4 rings (SSSR count). The van der Waals surface area contributed by atoms with Crippen LogP contribution >= 0.6 is 0 Å². The average Bonchev–Trinajstić information content (AvgIpc) is 2.80. The van der Waals surface area contributed by atoms with Gasteiger partial charge in [0.15, 0.2) is 11.6 Å². The Hall–Kier alpha value is -3.08. The van der Waals surface area contributed by atoms with Crippen LogP contribution in [0.25, 0.3) is 10.9 Å². The Labute approximate surface area is 154 Å². The summed E-state index contributed by atoms with van der Waals surface area (Å²) >= 11 is 0.